The van der Waals surface area contributed by atoms with Gasteiger partial charge in [0.2, 0.25) is 5.91 Å². The van der Waals surface area contributed by atoms with Crippen molar-refractivity contribution >= 4 is 38.9 Å². The molecule has 0 saturated carbocycles. The Hall–Kier alpha value is -3.56. The molecule has 0 aliphatic carbocycles. The third kappa shape index (κ3) is 6.49. The van der Waals surface area contributed by atoms with E-state index in [4.69, 9.17) is 21.1 Å². The first-order valence-electron chi connectivity index (χ1n) is 10.1. The van der Waals surface area contributed by atoms with Crippen LogP contribution in [0, 0.1) is 0 Å². The molecule has 0 spiro atoms. The molecule has 0 atom stereocenters. The van der Waals surface area contributed by atoms with Gasteiger partial charge in [0.15, 0.2) is 0 Å². The van der Waals surface area contributed by atoms with Crippen LogP contribution in [0.4, 0.5) is 5.69 Å². The lowest BCUT2D eigenvalue weighted by Crippen LogP contribution is -2.20. The molecule has 1 amide bonds. The highest BCUT2D eigenvalue weighted by Gasteiger charge is 2.20. The van der Waals surface area contributed by atoms with E-state index in [1.54, 1.807) is 55.5 Å². The number of benzene rings is 3. The summed E-state index contributed by atoms with van der Waals surface area (Å²) in [6.45, 7) is 1.67. The SMILES string of the molecule is COc1ccc(S(=O)(=O)N/N=C(/C)c2ccc(NC(=O)Cc3ccc(Cl)cc3)cc2)c(OC)c1. The highest BCUT2D eigenvalue weighted by atomic mass is 35.5. The number of anilines is 1. The number of nitrogens with zero attached hydrogens (tertiary/aromatic N) is 1. The number of amides is 1. The summed E-state index contributed by atoms with van der Waals surface area (Å²) in [5, 5.41) is 7.44. The minimum atomic E-state index is -3.97. The molecule has 0 bridgehead atoms. The summed E-state index contributed by atoms with van der Waals surface area (Å²) in [6.07, 6.45) is 0.218. The molecule has 0 saturated heterocycles. The van der Waals surface area contributed by atoms with Gasteiger partial charge in [0.1, 0.15) is 16.4 Å². The normalized spacial score (nSPS) is 11.6. The molecule has 0 aliphatic rings. The second-order valence-corrected chi connectivity index (χ2v) is 9.30. The molecule has 3 rings (SSSR count). The molecule has 0 aliphatic heterocycles. The van der Waals surface area contributed by atoms with Crippen molar-refractivity contribution in [2.45, 2.75) is 18.2 Å². The number of carbonyl (C=O) groups is 1. The minimum absolute atomic E-state index is 0.0638. The summed E-state index contributed by atoms with van der Waals surface area (Å²) in [6, 6.07) is 18.4. The Balaban J connectivity index is 1.65. The highest BCUT2D eigenvalue weighted by molar-refractivity contribution is 7.89. The van der Waals surface area contributed by atoms with Crippen molar-refractivity contribution < 1.29 is 22.7 Å². The van der Waals surface area contributed by atoms with Gasteiger partial charge in [-0.1, -0.05) is 35.9 Å². The first kappa shape index (κ1) is 25.1. The lowest BCUT2D eigenvalue weighted by Gasteiger charge is -2.11. The first-order valence-corrected chi connectivity index (χ1v) is 12.0. The number of ether oxygens (including phenoxy) is 2. The van der Waals surface area contributed by atoms with Crippen LogP contribution in [0.3, 0.4) is 0 Å². The zero-order valence-electron chi connectivity index (χ0n) is 18.8. The van der Waals surface area contributed by atoms with E-state index in [1.807, 2.05) is 0 Å². The van der Waals surface area contributed by atoms with Crippen LogP contribution in [0.1, 0.15) is 18.1 Å². The number of hydrazone groups is 1. The van der Waals surface area contributed by atoms with Gasteiger partial charge in [-0.25, -0.2) is 0 Å². The van der Waals surface area contributed by atoms with Crippen LogP contribution in [-0.2, 0) is 21.2 Å². The minimum Gasteiger partial charge on any atom is -0.497 e. The molecule has 0 unspecified atom stereocenters. The van der Waals surface area contributed by atoms with E-state index in [-0.39, 0.29) is 23.0 Å². The molecule has 0 radical (unpaired) electrons. The summed E-state index contributed by atoms with van der Waals surface area (Å²) < 4.78 is 35.7. The van der Waals surface area contributed by atoms with Crippen LogP contribution in [-0.4, -0.2) is 34.3 Å². The molecule has 2 N–H and O–H groups in total. The summed E-state index contributed by atoms with van der Waals surface area (Å²) in [5.74, 6) is 0.441. The maximum absolute atomic E-state index is 12.7. The van der Waals surface area contributed by atoms with Gasteiger partial charge in [0, 0.05) is 16.8 Å². The van der Waals surface area contributed by atoms with E-state index in [2.05, 4.69) is 15.2 Å². The Kier molecular flexibility index (Phi) is 8.14. The molecule has 0 heterocycles. The quantitative estimate of drug-likeness (QED) is 0.337. The molecule has 8 nitrogen and oxygen atoms in total. The van der Waals surface area contributed by atoms with Crippen molar-refractivity contribution in [3.05, 3.63) is 82.9 Å². The van der Waals surface area contributed by atoms with Gasteiger partial charge in [-0.2, -0.15) is 18.4 Å². The second kappa shape index (κ2) is 11.0. The van der Waals surface area contributed by atoms with Crippen LogP contribution in [0.25, 0.3) is 0 Å². The van der Waals surface area contributed by atoms with E-state index in [0.717, 1.165) is 5.56 Å². The molecule has 10 heteroatoms. The van der Waals surface area contributed by atoms with Crippen molar-refractivity contribution in [3.63, 3.8) is 0 Å². The van der Waals surface area contributed by atoms with E-state index in [9.17, 15) is 13.2 Å². The van der Waals surface area contributed by atoms with Crippen molar-refractivity contribution in [1.29, 1.82) is 0 Å². The monoisotopic (exact) mass is 501 g/mol. The molecule has 3 aromatic carbocycles. The van der Waals surface area contributed by atoms with E-state index < -0.39 is 10.0 Å². The van der Waals surface area contributed by atoms with E-state index in [1.165, 1.54) is 32.4 Å². The topological polar surface area (TPSA) is 106 Å². The number of rotatable bonds is 9. The molecule has 3 aromatic rings. The Morgan fingerprint density at radius 2 is 1.65 bits per heavy atom. The third-order valence-electron chi connectivity index (χ3n) is 4.86. The van der Waals surface area contributed by atoms with Crippen LogP contribution in [0.5, 0.6) is 11.5 Å². The maximum Gasteiger partial charge on any atom is 0.280 e. The third-order valence-corrected chi connectivity index (χ3v) is 6.36. The highest BCUT2D eigenvalue weighted by Crippen LogP contribution is 2.28. The standard InChI is InChI=1S/C24H24ClN3O5S/c1-16(27-28-34(30,31)23-13-12-21(32-2)15-22(23)33-3)18-6-10-20(11-7-18)26-24(29)14-17-4-8-19(25)9-5-17/h4-13,15,28H,14H2,1-3H3,(H,26,29)/b27-16-. The fourth-order valence-corrected chi connectivity index (χ4v) is 4.16. The molecule has 178 valence electrons. The average molecular weight is 502 g/mol. The smallest absolute Gasteiger partial charge is 0.280 e. The number of sulfonamides is 1. The number of hydrogen-bond acceptors (Lipinski definition) is 6. The fraction of sp³-hybridized carbons (Fsp3) is 0.167. The summed E-state index contributed by atoms with van der Waals surface area (Å²) in [7, 11) is -1.12. The Labute approximate surface area is 203 Å². The lowest BCUT2D eigenvalue weighted by atomic mass is 10.1. The van der Waals surface area contributed by atoms with Gasteiger partial charge in [-0.3, -0.25) is 4.79 Å². The summed E-state index contributed by atoms with van der Waals surface area (Å²) in [4.78, 5) is 14.4. The molecule has 0 aromatic heterocycles. The van der Waals surface area contributed by atoms with E-state index in [0.29, 0.717) is 27.7 Å². The molecular weight excluding hydrogens is 478 g/mol. The predicted molar refractivity (Wildman–Crippen MR) is 132 cm³/mol. The number of methoxy groups -OCH3 is 2. The molecule has 34 heavy (non-hydrogen) atoms. The number of nitrogens with one attached hydrogen (secondary N) is 2. The van der Waals surface area contributed by atoms with Crippen LogP contribution in [0.2, 0.25) is 5.02 Å². The Morgan fingerprint density at radius 3 is 2.26 bits per heavy atom. The summed E-state index contributed by atoms with van der Waals surface area (Å²) >= 11 is 5.86. The van der Waals surface area contributed by atoms with Crippen LogP contribution in [0.15, 0.2) is 76.7 Å². The predicted octanol–water partition coefficient (Wildman–Crippen LogP) is 4.24. The van der Waals surface area contributed by atoms with Gasteiger partial charge in [-0.15, -0.1) is 0 Å². The van der Waals surface area contributed by atoms with Gasteiger partial charge < -0.3 is 14.8 Å². The first-order chi connectivity index (χ1) is 16.2. The van der Waals surface area contributed by atoms with Crippen molar-refractivity contribution in [3.8, 4) is 11.5 Å². The average Bonchev–Trinajstić information content (AvgIpc) is 2.84. The number of halogens is 1. The summed E-state index contributed by atoms with van der Waals surface area (Å²) in [5.41, 5.74) is 2.58. The van der Waals surface area contributed by atoms with Gasteiger partial charge in [-0.05, 0) is 54.4 Å². The number of carbonyl (C=O) groups excluding carboxylic acids is 1. The number of hydrogen-bond donors (Lipinski definition) is 2. The second-order valence-electron chi connectivity index (χ2n) is 7.24. The Morgan fingerprint density at radius 1 is 0.971 bits per heavy atom. The zero-order valence-corrected chi connectivity index (χ0v) is 20.4. The largest absolute Gasteiger partial charge is 0.497 e. The van der Waals surface area contributed by atoms with E-state index >= 15 is 0 Å². The van der Waals surface area contributed by atoms with Gasteiger partial charge in [0.05, 0.1) is 26.4 Å². The van der Waals surface area contributed by atoms with Crippen molar-refractivity contribution in [2.24, 2.45) is 5.10 Å². The Bertz CT molecular complexity index is 1290. The van der Waals surface area contributed by atoms with Crippen LogP contribution < -0.4 is 19.6 Å². The van der Waals surface area contributed by atoms with Gasteiger partial charge in [0.25, 0.3) is 10.0 Å². The maximum atomic E-state index is 12.7. The molecule has 0 fully saturated rings. The van der Waals surface area contributed by atoms with Crippen molar-refractivity contribution in [2.75, 3.05) is 19.5 Å². The fourth-order valence-electron chi connectivity index (χ4n) is 3.03. The molecular formula is C24H24ClN3O5S. The zero-order chi connectivity index (χ0) is 24.7. The van der Waals surface area contributed by atoms with Gasteiger partial charge >= 0.3 is 0 Å². The lowest BCUT2D eigenvalue weighted by molar-refractivity contribution is -0.115. The van der Waals surface area contributed by atoms with Crippen LogP contribution >= 0.6 is 11.6 Å². The van der Waals surface area contributed by atoms with Crippen molar-refractivity contribution in [1.82, 2.24) is 4.83 Å².